The second-order valence-electron chi connectivity index (χ2n) is 4.42. The maximum Gasteiger partial charge on any atom is 0.417 e. The first-order valence-corrected chi connectivity index (χ1v) is 8.73. The van der Waals surface area contributed by atoms with Crippen LogP contribution in [0, 0.1) is 0 Å². The topological polar surface area (TPSA) is 88.2 Å². The molecule has 2 heterocycles. The van der Waals surface area contributed by atoms with Gasteiger partial charge in [0.05, 0.1) is 22.4 Å². The quantitative estimate of drug-likeness (QED) is 0.872. The van der Waals surface area contributed by atoms with E-state index in [0.717, 1.165) is 17.6 Å². The fraction of sp³-hybridized carbons (Fsp3) is 0.167. The molecule has 124 valence electrons. The van der Waals surface area contributed by atoms with Crippen LogP contribution in [0.2, 0.25) is 0 Å². The van der Waals surface area contributed by atoms with Gasteiger partial charge >= 0.3 is 6.18 Å². The van der Waals surface area contributed by atoms with Crippen LogP contribution >= 0.6 is 11.3 Å². The van der Waals surface area contributed by atoms with E-state index in [1.807, 2.05) is 4.72 Å². The highest BCUT2D eigenvalue weighted by Crippen LogP contribution is 2.33. The van der Waals surface area contributed by atoms with Gasteiger partial charge in [0.2, 0.25) is 10.0 Å². The third-order valence-electron chi connectivity index (χ3n) is 2.49. The predicted octanol–water partition coefficient (Wildman–Crippen LogP) is 2.79. The van der Waals surface area contributed by atoms with Gasteiger partial charge in [-0.05, 0) is 17.5 Å². The number of pyridine rings is 1. The van der Waals surface area contributed by atoms with Crippen LogP contribution in [0.5, 0.6) is 0 Å². The van der Waals surface area contributed by atoms with Gasteiger partial charge in [-0.15, -0.1) is 11.3 Å². The summed E-state index contributed by atoms with van der Waals surface area (Å²) in [6.07, 6.45) is -3.38. The number of rotatable bonds is 4. The SMILES string of the molecule is CS(=O)(=O)Nc1ncc(C(F)(F)F)cc1NC(=O)c1cccs1. The van der Waals surface area contributed by atoms with Gasteiger partial charge in [0.15, 0.2) is 5.82 Å². The van der Waals surface area contributed by atoms with E-state index in [2.05, 4.69) is 10.3 Å². The van der Waals surface area contributed by atoms with Crippen LogP contribution in [0.25, 0.3) is 0 Å². The Morgan fingerprint density at radius 3 is 2.57 bits per heavy atom. The van der Waals surface area contributed by atoms with Crippen molar-refractivity contribution < 1.29 is 26.4 Å². The summed E-state index contributed by atoms with van der Waals surface area (Å²) in [6, 6.07) is 3.69. The molecule has 0 aliphatic heterocycles. The molecule has 6 nitrogen and oxygen atoms in total. The molecule has 23 heavy (non-hydrogen) atoms. The molecule has 0 spiro atoms. The zero-order valence-electron chi connectivity index (χ0n) is 11.5. The predicted molar refractivity (Wildman–Crippen MR) is 80.0 cm³/mol. The molecule has 0 fully saturated rings. The third-order valence-corrected chi connectivity index (χ3v) is 3.92. The number of amides is 1. The normalized spacial score (nSPS) is 12.0. The number of anilines is 2. The van der Waals surface area contributed by atoms with Crippen LogP contribution < -0.4 is 10.0 Å². The molecular formula is C12H10F3N3O3S2. The number of sulfonamides is 1. The zero-order chi connectivity index (χ0) is 17.3. The van der Waals surface area contributed by atoms with Crippen LogP contribution in [0.4, 0.5) is 24.7 Å². The van der Waals surface area contributed by atoms with Crippen molar-refractivity contribution in [1.29, 1.82) is 0 Å². The number of alkyl halides is 3. The average molecular weight is 365 g/mol. The van der Waals surface area contributed by atoms with E-state index >= 15 is 0 Å². The largest absolute Gasteiger partial charge is 0.417 e. The Labute approximate surface area is 133 Å². The van der Waals surface area contributed by atoms with E-state index in [0.29, 0.717) is 12.3 Å². The summed E-state index contributed by atoms with van der Waals surface area (Å²) in [5, 5.41) is 3.85. The number of nitrogens with zero attached hydrogens (tertiary/aromatic N) is 1. The average Bonchev–Trinajstić information content (AvgIpc) is 2.91. The molecule has 0 atom stereocenters. The molecule has 2 aromatic rings. The van der Waals surface area contributed by atoms with E-state index in [-0.39, 0.29) is 10.6 Å². The molecule has 2 N–H and O–H groups in total. The van der Waals surface area contributed by atoms with Crippen molar-refractivity contribution in [2.24, 2.45) is 0 Å². The van der Waals surface area contributed by atoms with Crippen LogP contribution in [0.3, 0.4) is 0 Å². The molecule has 1 amide bonds. The number of carbonyl (C=O) groups is 1. The second kappa shape index (κ2) is 6.16. The first-order valence-electron chi connectivity index (χ1n) is 5.96. The zero-order valence-corrected chi connectivity index (χ0v) is 13.1. The monoisotopic (exact) mass is 365 g/mol. The number of halogens is 3. The number of thiophene rings is 1. The Balaban J connectivity index is 2.41. The van der Waals surface area contributed by atoms with Crippen LogP contribution in [-0.2, 0) is 16.2 Å². The lowest BCUT2D eigenvalue weighted by Gasteiger charge is -2.13. The van der Waals surface area contributed by atoms with E-state index in [9.17, 15) is 26.4 Å². The summed E-state index contributed by atoms with van der Waals surface area (Å²) in [7, 11) is -3.78. The van der Waals surface area contributed by atoms with Gasteiger partial charge in [-0.3, -0.25) is 9.52 Å². The highest BCUT2D eigenvalue weighted by molar-refractivity contribution is 7.92. The third kappa shape index (κ3) is 4.66. The number of hydrogen-bond donors (Lipinski definition) is 2. The Bertz CT molecular complexity index is 818. The Morgan fingerprint density at radius 2 is 2.04 bits per heavy atom. The first-order chi connectivity index (χ1) is 10.6. The van der Waals surface area contributed by atoms with Crippen molar-refractivity contribution in [3.05, 3.63) is 40.2 Å². The van der Waals surface area contributed by atoms with E-state index < -0.39 is 33.5 Å². The molecule has 11 heteroatoms. The number of nitrogens with one attached hydrogen (secondary N) is 2. The Morgan fingerprint density at radius 1 is 1.35 bits per heavy atom. The lowest BCUT2D eigenvalue weighted by molar-refractivity contribution is -0.137. The molecule has 2 aromatic heterocycles. The number of aromatic nitrogens is 1. The summed E-state index contributed by atoms with van der Waals surface area (Å²) in [4.78, 5) is 15.7. The van der Waals surface area contributed by atoms with Gasteiger partial charge in [-0.2, -0.15) is 13.2 Å². The lowest BCUT2D eigenvalue weighted by Crippen LogP contribution is -2.18. The maximum absolute atomic E-state index is 12.8. The van der Waals surface area contributed by atoms with Crippen molar-refractivity contribution in [2.75, 3.05) is 16.3 Å². The van der Waals surface area contributed by atoms with Gasteiger partial charge in [0.1, 0.15) is 0 Å². The molecule has 0 saturated heterocycles. The van der Waals surface area contributed by atoms with Crippen molar-refractivity contribution >= 4 is 38.8 Å². The molecular weight excluding hydrogens is 355 g/mol. The van der Waals surface area contributed by atoms with E-state index in [1.165, 1.54) is 6.07 Å². The summed E-state index contributed by atoms with van der Waals surface area (Å²) in [5.41, 5.74) is -1.50. The second-order valence-corrected chi connectivity index (χ2v) is 7.12. The number of hydrogen-bond acceptors (Lipinski definition) is 5. The van der Waals surface area contributed by atoms with Gasteiger partial charge in [0.25, 0.3) is 5.91 Å². The minimum atomic E-state index is -4.68. The molecule has 0 saturated carbocycles. The Hall–Kier alpha value is -2.14. The molecule has 0 aromatic carbocycles. The van der Waals surface area contributed by atoms with Gasteiger partial charge in [0, 0.05) is 6.20 Å². The molecule has 0 aliphatic carbocycles. The summed E-state index contributed by atoms with van der Waals surface area (Å²) in [5.74, 6) is -1.07. The van der Waals surface area contributed by atoms with Gasteiger partial charge in [-0.25, -0.2) is 13.4 Å². The fourth-order valence-electron chi connectivity index (χ4n) is 1.56. The van der Waals surface area contributed by atoms with Gasteiger partial charge in [-0.1, -0.05) is 6.07 Å². The van der Waals surface area contributed by atoms with Crippen molar-refractivity contribution in [1.82, 2.24) is 4.98 Å². The molecule has 2 rings (SSSR count). The Kier molecular flexibility index (Phi) is 4.61. The standard InChI is InChI=1S/C12H10F3N3O3S2/c1-23(20,21)18-10-8(5-7(6-16-10)12(13,14)15)17-11(19)9-3-2-4-22-9/h2-6H,1H3,(H,16,18)(H,17,19). The van der Waals surface area contributed by atoms with E-state index in [1.54, 1.807) is 11.4 Å². The lowest BCUT2D eigenvalue weighted by atomic mass is 10.2. The summed E-state index contributed by atoms with van der Waals surface area (Å²) < 4.78 is 62.8. The maximum atomic E-state index is 12.8. The molecule has 0 aliphatic rings. The minimum Gasteiger partial charge on any atom is -0.318 e. The first kappa shape index (κ1) is 17.2. The molecule has 0 unspecified atom stereocenters. The molecule has 0 bridgehead atoms. The number of carbonyl (C=O) groups excluding carboxylic acids is 1. The van der Waals surface area contributed by atoms with E-state index in [4.69, 9.17) is 0 Å². The van der Waals surface area contributed by atoms with Crippen molar-refractivity contribution in [3.63, 3.8) is 0 Å². The summed E-state index contributed by atoms with van der Waals surface area (Å²) in [6.45, 7) is 0. The highest BCUT2D eigenvalue weighted by Gasteiger charge is 2.32. The highest BCUT2D eigenvalue weighted by atomic mass is 32.2. The fourth-order valence-corrected chi connectivity index (χ4v) is 2.70. The van der Waals surface area contributed by atoms with Crippen molar-refractivity contribution in [3.8, 4) is 0 Å². The molecule has 0 radical (unpaired) electrons. The minimum absolute atomic E-state index is 0.257. The smallest absolute Gasteiger partial charge is 0.318 e. The van der Waals surface area contributed by atoms with Crippen LogP contribution in [0.1, 0.15) is 15.2 Å². The van der Waals surface area contributed by atoms with Crippen molar-refractivity contribution in [2.45, 2.75) is 6.18 Å². The summed E-state index contributed by atoms with van der Waals surface area (Å²) >= 11 is 1.09. The van der Waals surface area contributed by atoms with Crippen LogP contribution in [-0.4, -0.2) is 25.6 Å². The van der Waals surface area contributed by atoms with Gasteiger partial charge < -0.3 is 5.32 Å². The van der Waals surface area contributed by atoms with Crippen LogP contribution in [0.15, 0.2) is 29.8 Å².